The Bertz CT molecular complexity index is 433. The average molecular weight is 241 g/mol. The van der Waals surface area contributed by atoms with Crippen molar-refractivity contribution in [2.75, 3.05) is 0 Å². The highest BCUT2D eigenvalue weighted by Gasteiger charge is 2.31. The van der Waals surface area contributed by atoms with Crippen LogP contribution in [0.1, 0.15) is 11.6 Å². The maximum Gasteiger partial charge on any atom is 0.325 e. The van der Waals surface area contributed by atoms with Gasteiger partial charge in [-0.1, -0.05) is 0 Å². The van der Waals surface area contributed by atoms with E-state index in [-0.39, 0.29) is 0 Å². The molecule has 16 heavy (non-hydrogen) atoms. The largest absolute Gasteiger partial charge is 0.480 e. The van der Waals surface area contributed by atoms with E-state index in [1.54, 1.807) is 0 Å². The molecule has 0 fully saturated rings. The van der Waals surface area contributed by atoms with Gasteiger partial charge < -0.3 is 10.8 Å². The number of halogens is 5. The van der Waals surface area contributed by atoms with Crippen LogP contribution in [0.5, 0.6) is 0 Å². The molecule has 3 N–H and O–H groups in total. The van der Waals surface area contributed by atoms with Crippen molar-refractivity contribution in [3.8, 4) is 0 Å². The predicted octanol–water partition coefficient (Wildman–Crippen LogP) is 1.47. The fourth-order valence-corrected chi connectivity index (χ4v) is 1.02. The van der Waals surface area contributed by atoms with Crippen molar-refractivity contribution >= 4 is 5.97 Å². The van der Waals surface area contributed by atoms with Gasteiger partial charge in [-0.15, -0.1) is 0 Å². The highest BCUT2D eigenvalue weighted by atomic mass is 19.2. The van der Waals surface area contributed by atoms with Gasteiger partial charge in [0.15, 0.2) is 23.3 Å². The first-order valence-corrected chi connectivity index (χ1v) is 3.78. The van der Waals surface area contributed by atoms with E-state index in [0.717, 1.165) is 0 Å². The van der Waals surface area contributed by atoms with Crippen LogP contribution in [0, 0.1) is 29.1 Å². The lowest BCUT2D eigenvalue weighted by molar-refractivity contribution is -0.138. The molecule has 1 rings (SSSR count). The average Bonchev–Trinajstić information content (AvgIpc) is 2.23. The fraction of sp³-hybridized carbons (Fsp3) is 0.125. The van der Waals surface area contributed by atoms with E-state index in [1.165, 1.54) is 0 Å². The fourth-order valence-electron chi connectivity index (χ4n) is 1.02. The number of carboxylic acid groups (broad SMARTS) is 1. The summed E-state index contributed by atoms with van der Waals surface area (Å²) in [5.74, 6) is -13.2. The molecule has 0 radical (unpaired) electrons. The minimum atomic E-state index is -2.36. The maximum atomic E-state index is 12.9. The Morgan fingerprint density at radius 3 is 1.56 bits per heavy atom. The zero-order valence-corrected chi connectivity index (χ0v) is 7.40. The van der Waals surface area contributed by atoms with Crippen LogP contribution in [0.15, 0.2) is 0 Å². The van der Waals surface area contributed by atoms with Gasteiger partial charge in [-0.25, -0.2) is 22.0 Å². The number of hydrogen-bond acceptors (Lipinski definition) is 2. The molecule has 0 saturated heterocycles. The van der Waals surface area contributed by atoms with Gasteiger partial charge in [0.1, 0.15) is 6.04 Å². The second-order valence-corrected chi connectivity index (χ2v) is 2.80. The lowest BCUT2D eigenvalue weighted by Gasteiger charge is -2.11. The Hall–Kier alpha value is -1.70. The number of carboxylic acids is 1. The van der Waals surface area contributed by atoms with E-state index in [9.17, 15) is 26.7 Å². The molecule has 0 unspecified atom stereocenters. The molecule has 0 heterocycles. The van der Waals surface area contributed by atoms with Crippen molar-refractivity contribution in [2.24, 2.45) is 5.73 Å². The molecular formula is C8H4F5NO2. The third-order valence-corrected chi connectivity index (χ3v) is 1.82. The molecule has 0 amide bonds. The molecule has 88 valence electrons. The summed E-state index contributed by atoms with van der Waals surface area (Å²) in [5.41, 5.74) is 3.23. The molecule has 3 nitrogen and oxygen atoms in total. The van der Waals surface area contributed by atoms with Crippen LogP contribution >= 0.6 is 0 Å². The summed E-state index contributed by atoms with van der Waals surface area (Å²) in [6.07, 6.45) is 0. The Balaban J connectivity index is 3.57. The van der Waals surface area contributed by atoms with Gasteiger partial charge in [0, 0.05) is 0 Å². The molecule has 1 aromatic rings. The Labute approximate surface area is 85.3 Å². The Morgan fingerprint density at radius 1 is 0.938 bits per heavy atom. The third kappa shape index (κ3) is 1.71. The van der Waals surface area contributed by atoms with Crippen LogP contribution in [-0.4, -0.2) is 11.1 Å². The van der Waals surface area contributed by atoms with E-state index in [1.807, 2.05) is 0 Å². The molecule has 0 aliphatic carbocycles. The lowest BCUT2D eigenvalue weighted by atomic mass is 10.1. The minimum absolute atomic E-state index is 1.57. The van der Waals surface area contributed by atoms with Crippen molar-refractivity contribution < 1.29 is 31.9 Å². The standard InChI is InChI=1S/C8H4F5NO2/c9-2-1(7(14)8(15)16)3(10)5(12)6(13)4(2)11/h7H,14H2,(H,15,16)/t7-/m0/s1. The van der Waals surface area contributed by atoms with Gasteiger partial charge in [0.05, 0.1) is 5.56 Å². The number of carbonyl (C=O) groups is 1. The van der Waals surface area contributed by atoms with Crippen molar-refractivity contribution in [1.82, 2.24) is 0 Å². The minimum Gasteiger partial charge on any atom is -0.480 e. The van der Waals surface area contributed by atoms with Crippen molar-refractivity contribution in [1.29, 1.82) is 0 Å². The summed E-state index contributed by atoms with van der Waals surface area (Å²) in [6, 6.07) is -2.33. The van der Waals surface area contributed by atoms with E-state index in [2.05, 4.69) is 0 Å². The van der Waals surface area contributed by atoms with Gasteiger partial charge in [0.2, 0.25) is 5.82 Å². The normalized spacial score (nSPS) is 12.6. The van der Waals surface area contributed by atoms with Crippen LogP contribution in [-0.2, 0) is 4.79 Å². The first kappa shape index (κ1) is 12.4. The monoisotopic (exact) mass is 241 g/mol. The molecule has 1 atom stereocenters. The zero-order valence-electron chi connectivity index (χ0n) is 7.40. The van der Waals surface area contributed by atoms with Crippen molar-refractivity contribution in [2.45, 2.75) is 6.04 Å². The molecule has 8 heteroatoms. The number of nitrogens with two attached hydrogens (primary N) is 1. The van der Waals surface area contributed by atoms with Crippen LogP contribution in [0.4, 0.5) is 22.0 Å². The highest BCUT2D eigenvalue weighted by molar-refractivity contribution is 5.75. The van der Waals surface area contributed by atoms with E-state index in [0.29, 0.717) is 0 Å². The Morgan fingerprint density at radius 2 is 1.25 bits per heavy atom. The molecule has 0 aromatic heterocycles. The van der Waals surface area contributed by atoms with E-state index >= 15 is 0 Å². The first-order valence-electron chi connectivity index (χ1n) is 3.78. The second kappa shape index (κ2) is 4.05. The van der Waals surface area contributed by atoms with Gasteiger partial charge >= 0.3 is 5.97 Å². The van der Waals surface area contributed by atoms with Crippen molar-refractivity contribution in [3.63, 3.8) is 0 Å². The summed E-state index contributed by atoms with van der Waals surface area (Å²) in [5, 5.41) is 8.34. The number of hydrogen-bond donors (Lipinski definition) is 2. The van der Waals surface area contributed by atoms with Crippen LogP contribution in [0.2, 0.25) is 0 Å². The molecule has 0 spiro atoms. The highest BCUT2D eigenvalue weighted by Crippen LogP contribution is 2.26. The maximum absolute atomic E-state index is 12.9. The zero-order chi connectivity index (χ0) is 12.6. The van der Waals surface area contributed by atoms with Gasteiger partial charge in [0.25, 0.3) is 0 Å². The number of aliphatic carboxylic acids is 1. The van der Waals surface area contributed by atoms with Gasteiger partial charge in [-0.2, -0.15) is 0 Å². The lowest BCUT2D eigenvalue weighted by Crippen LogP contribution is -2.25. The van der Waals surface area contributed by atoms with E-state index < -0.39 is 46.7 Å². The van der Waals surface area contributed by atoms with Crippen LogP contribution in [0.25, 0.3) is 0 Å². The summed E-state index contributed by atoms with van der Waals surface area (Å²) in [4.78, 5) is 10.3. The summed E-state index contributed by atoms with van der Waals surface area (Å²) < 4.78 is 63.7. The molecule has 1 aromatic carbocycles. The van der Waals surface area contributed by atoms with Gasteiger partial charge in [-0.05, 0) is 0 Å². The molecule has 0 bridgehead atoms. The second-order valence-electron chi connectivity index (χ2n) is 2.80. The molecule has 0 aliphatic heterocycles. The summed E-state index contributed by atoms with van der Waals surface area (Å²) in [7, 11) is 0. The molecule has 0 saturated carbocycles. The van der Waals surface area contributed by atoms with E-state index in [4.69, 9.17) is 10.8 Å². The quantitative estimate of drug-likeness (QED) is 0.468. The SMILES string of the molecule is N[C@H](C(=O)O)c1c(F)c(F)c(F)c(F)c1F. The van der Waals surface area contributed by atoms with Crippen LogP contribution in [0.3, 0.4) is 0 Å². The van der Waals surface area contributed by atoms with Crippen molar-refractivity contribution in [3.05, 3.63) is 34.6 Å². The third-order valence-electron chi connectivity index (χ3n) is 1.82. The summed E-state index contributed by atoms with van der Waals surface area (Å²) >= 11 is 0. The number of benzene rings is 1. The van der Waals surface area contributed by atoms with Gasteiger partial charge in [-0.3, -0.25) is 4.79 Å². The Kier molecular flexibility index (Phi) is 3.13. The molecular weight excluding hydrogens is 237 g/mol. The first-order chi connectivity index (χ1) is 7.29. The number of rotatable bonds is 2. The smallest absolute Gasteiger partial charge is 0.325 e. The summed E-state index contributed by atoms with van der Waals surface area (Å²) in [6.45, 7) is 0. The van der Waals surface area contributed by atoms with Crippen LogP contribution < -0.4 is 5.73 Å². The predicted molar refractivity (Wildman–Crippen MR) is 40.8 cm³/mol. The molecule has 0 aliphatic rings. The topological polar surface area (TPSA) is 63.3 Å².